The average Bonchev–Trinajstić information content (AvgIpc) is 3.05. The van der Waals surface area contributed by atoms with Crippen LogP contribution in [-0.2, 0) is 0 Å². The van der Waals surface area contributed by atoms with Crippen LogP contribution in [0.15, 0.2) is 6.33 Å². The first-order valence-corrected chi connectivity index (χ1v) is 5.83. The van der Waals surface area contributed by atoms with Crippen molar-refractivity contribution >= 4 is 5.82 Å². The van der Waals surface area contributed by atoms with E-state index in [1.165, 1.54) is 25.6 Å². The van der Waals surface area contributed by atoms with Crippen LogP contribution in [0.5, 0.6) is 5.88 Å². The highest BCUT2D eigenvalue weighted by molar-refractivity contribution is 5.48. The van der Waals surface area contributed by atoms with Crippen LogP contribution >= 0.6 is 0 Å². The van der Waals surface area contributed by atoms with Gasteiger partial charge in [0.1, 0.15) is 12.1 Å². The van der Waals surface area contributed by atoms with Crippen molar-refractivity contribution < 1.29 is 4.74 Å². The van der Waals surface area contributed by atoms with Gasteiger partial charge in [-0.25, -0.2) is 9.97 Å². The zero-order valence-corrected chi connectivity index (χ0v) is 10.2. The second-order valence-electron chi connectivity index (χ2n) is 4.58. The normalized spacial score (nSPS) is 16.9. The summed E-state index contributed by atoms with van der Waals surface area (Å²) < 4.78 is 5.17. The van der Waals surface area contributed by atoms with Crippen molar-refractivity contribution in [2.75, 3.05) is 12.4 Å². The minimum atomic E-state index is 0.464. The molecule has 4 nitrogen and oxygen atoms in total. The van der Waals surface area contributed by atoms with E-state index in [0.717, 1.165) is 17.3 Å². The molecule has 88 valence electrons. The molecule has 0 spiro atoms. The van der Waals surface area contributed by atoms with E-state index >= 15 is 0 Å². The first-order chi connectivity index (χ1) is 7.70. The van der Waals surface area contributed by atoms with Gasteiger partial charge in [0.15, 0.2) is 0 Å². The van der Waals surface area contributed by atoms with Crippen LogP contribution in [0.2, 0.25) is 0 Å². The van der Waals surface area contributed by atoms with E-state index in [0.29, 0.717) is 11.9 Å². The third-order valence-electron chi connectivity index (χ3n) is 3.00. The Morgan fingerprint density at radius 3 is 2.88 bits per heavy atom. The quantitative estimate of drug-likeness (QED) is 0.829. The van der Waals surface area contributed by atoms with E-state index in [2.05, 4.69) is 22.2 Å². The predicted octanol–water partition coefficient (Wildman–Crippen LogP) is 2.39. The van der Waals surface area contributed by atoms with Gasteiger partial charge in [-0.2, -0.15) is 0 Å². The van der Waals surface area contributed by atoms with Crippen LogP contribution in [0.3, 0.4) is 0 Å². The Bertz CT molecular complexity index is 363. The van der Waals surface area contributed by atoms with Crippen molar-refractivity contribution in [3.05, 3.63) is 11.9 Å². The van der Waals surface area contributed by atoms with Gasteiger partial charge in [0.25, 0.3) is 0 Å². The molecule has 0 saturated heterocycles. The molecule has 1 saturated carbocycles. The molecule has 0 bridgehead atoms. The maximum absolute atomic E-state index is 5.17. The number of anilines is 1. The summed E-state index contributed by atoms with van der Waals surface area (Å²) in [5.41, 5.74) is 0.979. The van der Waals surface area contributed by atoms with Gasteiger partial charge in [0.2, 0.25) is 5.88 Å². The fraction of sp³-hybridized carbons (Fsp3) is 0.667. The number of hydrogen-bond donors (Lipinski definition) is 1. The third kappa shape index (κ3) is 2.62. The molecule has 0 aliphatic heterocycles. The SMILES string of the molecule is COc1ncnc(NC(C)CC2CC2)c1C. The highest BCUT2D eigenvalue weighted by Gasteiger charge is 2.23. The van der Waals surface area contributed by atoms with Crippen LogP contribution in [0, 0.1) is 12.8 Å². The van der Waals surface area contributed by atoms with Gasteiger partial charge in [0.05, 0.1) is 12.7 Å². The first-order valence-electron chi connectivity index (χ1n) is 5.83. The topological polar surface area (TPSA) is 47.0 Å². The average molecular weight is 221 g/mol. The molecule has 0 radical (unpaired) electrons. The van der Waals surface area contributed by atoms with E-state index in [1.54, 1.807) is 7.11 Å². The molecular weight excluding hydrogens is 202 g/mol. The van der Waals surface area contributed by atoms with Crippen molar-refractivity contribution in [1.29, 1.82) is 0 Å². The van der Waals surface area contributed by atoms with Crippen molar-refractivity contribution in [2.24, 2.45) is 5.92 Å². The molecule has 1 aliphatic carbocycles. The highest BCUT2D eigenvalue weighted by atomic mass is 16.5. The van der Waals surface area contributed by atoms with Gasteiger partial charge in [0, 0.05) is 6.04 Å². The van der Waals surface area contributed by atoms with Crippen LogP contribution in [0.1, 0.15) is 31.7 Å². The molecule has 1 heterocycles. The predicted molar refractivity (Wildman–Crippen MR) is 63.7 cm³/mol. The fourth-order valence-electron chi connectivity index (χ4n) is 1.93. The van der Waals surface area contributed by atoms with Crippen LogP contribution < -0.4 is 10.1 Å². The monoisotopic (exact) mass is 221 g/mol. The number of hydrogen-bond acceptors (Lipinski definition) is 4. The number of nitrogens with zero attached hydrogens (tertiary/aromatic N) is 2. The zero-order valence-electron chi connectivity index (χ0n) is 10.2. The van der Waals surface area contributed by atoms with E-state index in [1.807, 2.05) is 6.92 Å². The van der Waals surface area contributed by atoms with Crippen molar-refractivity contribution in [3.63, 3.8) is 0 Å². The minimum absolute atomic E-state index is 0.464. The van der Waals surface area contributed by atoms with Crippen molar-refractivity contribution in [3.8, 4) is 5.88 Å². The highest BCUT2D eigenvalue weighted by Crippen LogP contribution is 2.34. The van der Waals surface area contributed by atoms with E-state index in [9.17, 15) is 0 Å². The number of methoxy groups -OCH3 is 1. The number of ether oxygens (including phenoxy) is 1. The summed E-state index contributed by atoms with van der Waals surface area (Å²) in [4.78, 5) is 8.32. The summed E-state index contributed by atoms with van der Waals surface area (Å²) in [6.07, 6.45) is 5.54. The summed E-state index contributed by atoms with van der Waals surface area (Å²) in [6.45, 7) is 4.18. The third-order valence-corrected chi connectivity index (χ3v) is 3.00. The maximum atomic E-state index is 5.17. The van der Waals surface area contributed by atoms with Gasteiger partial charge in [-0.3, -0.25) is 0 Å². The van der Waals surface area contributed by atoms with Gasteiger partial charge in [-0.1, -0.05) is 12.8 Å². The molecule has 1 atom stereocenters. The van der Waals surface area contributed by atoms with Crippen LogP contribution in [0.4, 0.5) is 5.82 Å². The maximum Gasteiger partial charge on any atom is 0.221 e. The van der Waals surface area contributed by atoms with Gasteiger partial charge in [-0.05, 0) is 26.2 Å². The molecule has 16 heavy (non-hydrogen) atoms. The molecule has 1 fully saturated rings. The Morgan fingerprint density at radius 1 is 1.50 bits per heavy atom. The van der Waals surface area contributed by atoms with Gasteiger partial charge < -0.3 is 10.1 Å². The lowest BCUT2D eigenvalue weighted by molar-refractivity contribution is 0.393. The van der Waals surface area contributed by atoms with Crippen LogP contribution in [-0.4, -0.2) is 23.1 Å². The van der Waals surface area contributed by atoms with Gasteiger partial charge >= 0.3 is 0 Å². The lowest BCUT2D eigenvalue weighted by Gasteiger charge is -2.16. The molecule has 0 aromatic carbocycles. The zero-order chi connectivity index (χ0) is 11.5. The van der Waals surface area contributed by atoms with Gasteiger partial charge in [-0.15, -0.1) is 0 Å². The molecule has 1 aliphatic rings. The number of nitrogens with one attached hydrogen (secondary N) is 1. The summed E-state index contributed by atoms with van der Waals surface area (Å²) in [5, 5.41) is 3.43. The standard InChI is InChI=1S/C12H19N3O/c1-8(6-10-4-5-10)15-11-9(2)12(16-3)14-7-13-11/h7-8,10H,4-6H2,1-3H3,(H,13,14,15). The minimum Gasteiger partial charge on any atom is -0.481 e. The van der Waals surface area contributed by atoms with Crippen molar-refractivity contribution in [1.82, 2.24) is 9.97 Å². The first kappa shape index (κ1) is 11.2. The molecule has 0 amide bonds. The smallest absolute Gasteiger partial charge is 0.221 e. The molecular formula is C12H19N3O. The molecule has 1 aromatic rings. The molecule has 4 heteroatoms. The Labute approximate surface area is 96.4 Å². The summed E-state index contributed by atoms with van der Waals surface area (Å²) in [6, 6.07) is 0.464. The number of rotatable bonds is 5. The van der Waals surface area contributed by atoms with Crippen LogP contribution in [0.25, 0.3) is 0 Å². The molecule has 1 N–H and O–H groups in total. The van der Waals surface area contributed by atoms with Crippen molar-refractivity contribution in [2.45, 2.75) is 39.2 Å². The second kappa shape index (κ2) is 4.68. The fourth-order valence-corrected chi connectivity index (χ4v) is 1.93. The summed E-state index contributed by atoms with van der Waals surface area (Å²) >= 11 is 0. The molecule has 1 unspecified atom stereocenters. The van der Waals surface area contributed by atoms with E-state index < -0.39 is 0 Å². The van der Waals surface area contributed by atoms with E-state index in [-0.39, 0.29) is 0 Å². The largest absolute Gasteiger partial charge is 0.481 e. The Balaban J connectivity index is 2.01. The summed E-state index contributed by atoms with van der Waals surface area (Å²) in [5.74, 6) is 2.46. The lowest BCUT2D eigenvalue weighted by Crippen LogP contribution is -2.17. The molecule has 1 aromatic heterocycles. The Morgan fingerprint density at radius 2 is 2.25 bits per heavy atom. The molecule has 2 rings (SSSR count). The second-order valence-corrected chi connectivity index (χ2v) is 4.58. The summed E-state index contributed by atoms with van der Waals surface area (Å²) in [7, 11) is 1.63. The Kier molecular flexibility index (Phi) is 3.27. The van der Waals surface area contributed by atoms with E-state index in [4.69, 9.17) is 4.74 Å². The number of aromatic nitrogens is 2. The Hall–Kier alpha value is -1.32. The lowest BCUT2D eigenvalue weighted by atomic mass is 10.1.